The summed E-state index contributed by atoms with van der Waals surface area (Å²) in [5, 5.41) is 2.76. The Morgan fingerprint density at radius 1 is 1.15 bits per heavy atom. The number of carbonyl (C=O) groups excluding carboxylic acids is 3. The first-order chi connectivity index (χ1) is 13.0. The third-order valence-corrected chi connectivity index (χ3v) is 4.45. The number of likely N-dealkylation sites (tertiary alicyclic amines) is 1. The van der Waals surface area contributed by atoms with Crippen molar-refractivity contribution in [3.63, 3.8) is 0 Å². The summed E-state index contributed by atoms with van der Waals surface area (Å²) in [4.78, 5) is 37.7. The van der Waals surface area contributed by atoms with E-state index in [-0.39, 0.29) is 24.1 Å². The summed E-state index contributed by atoms with van der Waals surface area (Å²) in [6.07, 6.45) is 0.132. The molecule has 2 aromatic rings. The summed E-state index contributed by atoms with van der Waals surface area (Å²) in [7, 11) is 1.30. The molecule has 27 heavy (non-hydrogen) atoms. The van der Waals surface area contributed by atoms with Gasteiger partial charge in [0.25, 0.3) is 0 Å². The SMILES string of the molecule is COC(=O)c1ccc(NC(=O)C2CC(=O)N(Cc3ccc(F)cc3)C2)cc1. The molecule has 1 N–H and O–H groups in total. The van der Waals surface area contributed by atoms with Gasteiger partial charge in [0.15, 0.2) is 0 Å². The normalized spacial score (nSPS) is 16.3. The molecule has 1 fully saturated rings. The van der Waals surface area contributed by atoms with Crippen LogP contribution in [0.4, 0.5) is 10.1 Å². The molecule has 0 radical (unpaired) electrons. The number of methoxy groups -OCH3 is 1. The van der Waals surface area contributed by atoms with E-state index in [0.29, 0.717) is 24.3 Å². The first-order valence-corrected chi connectivity index (χ1v) is 8.47. The number of hydrogen-bond donors (Lipinski definition) is 1. The number of ether oxygens (including phenoxy) is 1. The van der Waals surface area contributed by atoms with Gasteiger partial charge in [-0.05, 0) is 42.0 Å². The van der Waals surface area contributed by atoms with Gasteiger partial charge in [-0.25, -0.2) is 9.18 Å². The maximum Gasteiger partial charge on any atom is 0.337 e. The molecule has 1 atom stereocenters. The predicted molar refractivity (Wildman–Crippen MR) is 96.3 cm³/mol. The number of benzene rings is 2. The van der Waals surface area contributed by atoms with Gasteiger partial charge in [0.05, 0.1) is 18.6 Å². The monoisotopic (exact) mass is 370 g/mol. The Hall–Kier alpha value is -3.22. The molecule has 0 aromatic heterocycles. The number of hydrogen-bond acceptors (Lipinski definition) is 4. The number of anilines is 1. The largest absolute Gasteiger partial charge is 0.465 e. The average molecular weight is 370 g/mol. The summed E-state index contributed by atoms with van der Waals surface area (Å²) in [5.74, 6) is -1.61. The van der Waals surface area contributed by atoms with E-state index in [4.69, 9.17) is 0 Å². The summed E-state index contributed by atoms with van der Waals surface area (Å²) < 4.78 is 17.6. The number of halogens is 1. The first-order valence-electron chi connectivity index (χ1n) is 8.47. The number of carbonyl (C=O) groups is 3. The van der Waals surface area contributed by atoms with E-state index in [1.165, 1.54) is 19.2 Å². The van der Waals surface area contributed by atoms with Crippen LogP contribution in [0, 0.1) is 11.7 Å². The van der Waals surface area contributed by atoms with E-state index >= 15 is 0 Å². The fourth-order valence-corrected chi connectivity index (χ4v) is 2.96. The number of rotatable bonds is 5. The fraction of sp³-hybridized carbons (Fsp3) is 0.250. The lowest BCUT2D eigenvalue weighted by Crippen LogP contribution is -2.28. The van der Waals surface area contributed by atoms with Crippen molar-refractivity contribution in [1.29, 1.82) is 0 Å². The topological polar surface area (TPSA) is 75.7 Å². The highest BCUT2D eigenvalue weighted by atomic mass is 19.1. The molecule has 1 heterocycles. The van der Waals surface area contributed by atoms with Crippen molar-refractivity contribution in [2.24, 2.45) is 5.92 Å². The maximum atomic E-state index is 13.0. The Balaban J connectivity index is 1.58. The minimum Gasteiger partial charge on any atom is -0.465 e. The molecular weight excluding hydrogens is 351 g/mol. The van der Waals surface area contributed by atoms with Gasteiger partial charge in [0.1, 0.15) is 5.82 Å². The van der Waals surface area contributed by atoms with Gasteiger partial charge >= 0.3 is 5.97 Å². The number of nitrogens with one attached hydrogen (secondary N) is 1. The number of esters is 1. The van der Waals surface area contributed by atoms with Crippen LogP contribution in [0.5, 0.6) is 0 Å². The van der Waals surface area contributed by atoms with Crippen LogP contribution in [-0.4, -0.2) is 36.3 Å². The Kier molecular flexibility index (Phi) is 5.49. The highest BCUT2D eigenvalue weighted by Crippen LogP contribution is 2.22. The summed E-state index contributed by atoms with van der Waals surface area (Å²) in [5.41, 5.74) is 1.73. The van der Waals surface area contributed by atoms with E-state index in [1.54, 1.807) is 41.3 Å². The van der Waals surface area contributed by atoms with Crippen LogP contribution in [0.25, 0.3) is 0 Å². The van der Waals surface area contributed by atoms with Crippen LogP contribution in [0.2, 0.25) is 0 Å². The van der Waals surface area contributed by atoms with E-state index in [2.05, 4.69) is 10.1 Å². The van der Waals surface area contributed by atoms with E-state index in [0.717, 1.165) is 5.56 Å². The summed E-state index contributed by atoms with van der Waals surface area (Å²) in [6, 6.07) is 12.3. The molecule has 6 nitrogen and oxygen atoms in total. The molecule has 3 rings (SSSR count). The van der Waals surface area contributed by atoms with Gasteiger partial charge in [-0.2, -0.15) is 0 Å². The van der Waals surface area contributed by atoms with Gasteiger partial charge in [-0.15, -0.1) is 0 Å². The summed E-state index contributed by atoms with van der Waals surface area (Å²) >= 11 is 0. The maximum absolute atomic E-state index is 13.0. The van der Waals surface area contributed by atoms with Gasteiger partial charge in [0, 0.05) is 25.2 Å². The number of amides is 2. The highest BCUT2D eigenvalue weighted by Gasteiger charge is 2.34. The molecule has 2 amide bonds. The first kappa shape index (κ1) is 18.6. The molecule has 0 bridgehead atoms. The molecule has 0 spiro atoms. The summed E-state index contributed by atoms with van der Waals surface area (Å²) in [6.45, 7) is 0.652. The fourth-order valence-electron chi connectivity index (χ4n) is 2.96. The molecule has 7 heteroatoms. The van der Waals surface area contributed by atoms with Crippen LogP contribution in [-0.2, 0) is 20.9 Å². The quantitative estimate of drug-likeness (QED) is 0.821. The molecule has 2 aromatic carbocycles. The van der Waals surface area contributed by atoms with Crippen molar-refractivity contribution in [3.8, 4) is 0 Å². The van der Waals surface area contributed by atoms with E-state index in [9.17, 15) is 18.8 Å². The molecule has 1 unspecified atom stereocenters. The van der Waals surface area contributed by atoms with Crippen LogP contribution in [0.3, 0.4) is 0 Å². The minimum atomic E-state index is -0.460. The van der Waals surface area contributed by atoms with Crippen molar-refractivity contribution in [3.05, 3.63) is 65.5 Å². The van der Waals surface area contributed by atoms with Crippen LogP contribution in [0.15, 0.2) is 48.5 Å². The lowest BCUT2D eigenvalue weighted by Gasteiger charge is -2.16. The second kappa shape index (κ2) is 7.99. The molecule has 1 aliphatic heterocycles. The van der Waals surface area contributed by atoms with Gasteiger partial charge in [-0.3, -0.25) is 9.59 Å². The van der Waals surface area contributed by atoms with E-state index < -0.39 is 11.9 Å². The van der Waals surface area contributed by atoms with Gasteiger partial charge < -0.3 is 15.0 Å². The zero-order valence-corrected chi connectivity index (χ0v) is 14.8. The Bertz CT molecular complexity index is 849. The molecule has 0 aliphatic carbocycles. The Morgan fingerprint density at radius 2 is 1.81 bits per heavy atom. The second-order valence-corrected chi connectivity index (χ2v) is 6.36. The highest BCUT2D eigenvalue weighted by molar-refractivity contribution is 5.97. The van der Waals surface area contributed by atoms with Crippen molar-refractivity contribution >= 4 is 23.5 Å². The second-order valence-electron chi connectivity index (χ2n) is 6.36. The molecular formula is C20H19FN2O4. The van der Waals surface area contributed by atoms with Gasteiger partial charge in [0.2, 0.25) is 11.8 Å². The molecule has 1 aliphatic rings. The third kappa shape index (κ3) is 4.49. The lowest BCUT2D eigenvalue weighted by molar-refractivity contribution is -0.128. The average Bonchev–Trinajstić information content (AvgIpc) is 3.04. The zero-order valence-electron chi connectivity index (χ0n) is 14.8. The van der Waals surface area contributed by atoms with Crippen molar-refractivity contribution in [2.75, 3.05) is 19.0 Å². The Labute approximate surface area is 155 Å². The standard InChI is InChI=1S/C20H19FN2O4/c1-27-20(26)14-4-8-17(9-5-14)22-19(25)15-10-18(24)23(12-15)11-13-2-6-16(21)7-3-13/h2-9,15H,10-12H2,1H3,(H,22,25). The van der Waals surface area contributed by atoms with E-state index in [1.807, 2.05) is 0 Å². The minimum absolute atomic E-state index is 0.111. The zero-order chi connectivity index (χ0) is 19.4. The predicted octanol–water partition coefficient (Wildman–Crippen LogP) is 2.60. The van der Waals surface area contributed by atoms with Crippen molar-refractivity contribution in [2.45, 2.75) is 13.0 Å². The van der Waals surface area contributed by atoms with Crippen LogP contribution in [0.1, 0.15) is 22.3 Å². The number of nitrogens with zero attached hydrogens (tertiary/aromatic N) is 1. The smallest absolute Gasteiger partial charge is 0.337 e. The molecule has 1 saturated heterocycles. The molecule has 140 valence electrons. The Morgan fingerprint density at radius 3 is 2.44 bits per heavy atom. The molecule has 0 saturated carbocycles. The van der Waals surface area contributed by atoms with Crippen LogP contribution >= 0.6 is 0 Å². The van der Waals surface area contributed by atoms with Crippen molar-refractivity contribution < 1.29 is 23.5 Å². The van der Waals surface area contributed by atoms with Crippen LogP contribution < -0.4 is 5.32 Å². The lowest BCUT2D eigenvalue weighted by atomic mass is 10.1. The van der Waals surface area contributed by atoms with Gasteiger partial charge in [-0.1, -0.05) is 12.1 Å². The van der Waals surface area contributed by atoms with Crippen molar-refractivity contribution in [1.82, 2.24) is 4.90 Å². The third-order valence-electron chi connectivity index (χ3n) is 4.45.